The Morgan fingerprint density at radius 3 is 3.31 bits per heavy atom. The Balaban J connectivity index is 2.22. The van der Waals surface area contributed by atoms with Crippen LogP contribution in [0, 0.1) is 0 Å². The van der Waals surface area contributed by atoms with Crippen molar-refractivity contribution in [3.63, 3.8) is 0 Å². The highest BCUT2D eigenvalue weighted by Gasteiger charge is 2.14. The molecule has 0 saturated carbocycles. The van der Waals surface area contributed by atoms with Crippen LogP contribution in [-0.2, 0) is 4.79 Å². The van der Waals surface area contributed by atoms with Crippen molar-refractivity contribution in [2.75, 3.05) is 0 Å². The molecule has 0 aromatic carbocycles. The molecule has 0 saturated heterocycles. The molecule has 0 atom stereocenters. The van der Waals surface area contributed by atoms with Gasteiger partial charge in [-0.25, -0.2) is 4.99 Å². The number of hydrogen-bond acceptors (Lipinski definition) is 5. The second kappa shape index (κ2) is 3.39. The average Bonchev–Trinajstić information content (AvgIpc) is 2.49. The van der Waals surface area contributed by atoms with Gasteiger partial charge in [-0.2, -0.15) is 0 Å². The van der Waals surface area contributed by atoms with Crippen molar-refractivity contribution in [1.29, 1.82) is 0 Å². The smallest absolute Gasteiger partial charge is 0.311 e. The van der Waals surface area contributed by atoms with Gasteiger partial charge in [0.2, 0.25) is 0 Å². The van der Waals surface area contributed by atoms with E-state index in [-0.39, 0.29) is 6.42 Å². The molecule has 68 valence electrons. The van der Waals surface area contributed by atoms with E-state index in [2.05, 4.69) is 9.71 Å². The van der Waals surface area contributed by atoms with Crippen LogP contribution in [0.15, 0.2) is 21.3 Å². The summed E-state index contributed by atoms with van der Waals surface area (Å²) >= 11 is 2.93. The third kappa shape index (κ3) is 1.84. The molecule has 4 nitrogen and oxygen atoms in total. The minimum Gasteiger partial charge on any atom is -0.481 e. The van der Waals surface area contributed by atoms with Gasteiger partial charge in [0.1, 0.15) is 17.3 Å². The normalized spacial score (nSPS) is 14.3. The van der Waals surface area contributed by atoms with E-state index in [1.807, 2.05) is 11.4 Å². The summed E-state index contributed by atoms with van der Waals surface area (Å²) < 4.78 is 2.89. The Bertz CT molecular complexity index is 372. The van der Waals surface area contributed by atoms with E-state index in [1.54, 1.807) is 0 Å². The summed E-state index contributed by atoms with van der Waals surface area (Å²) in [5.74, 6) is -0.362. The molecule has 1 aliphatic heterocycles. The predicted octanol–water partition coefficient (Wildman–Crippen LogP) is 1.86. The third-order valence-electron chi connectivity index (χ3n) is 1.44. The predicted molar refractivity (Wildman–Crippen MR) is 52.7 cm³/mol. The number of amidine groups is 1. The summed E-state index contributed by atoms with van der Waals surface area (Å²) in [6.07, 6.45) is -0.0513. The molecule has 2 rings (SSSR count). The zero-order valence-corrected chi connectivity index (χ0v) is 8.11. The first-order chi connectivity index (χ1) is 6.25. The SMILES string of the molecule is O=C(O)CC1=Nc2sccc2SN1. The van der Waals surface area contributed by atoms with Gasteiger partial charge in [-0.05, 0) is 23.4 Å². The molecule has 13 heavy (non-hydrogen) atoms. The van der Waals surface area contributed by atoms with E-state index in [0.29, 0.717) is 5.84 Å². The van der Waals surface area contributed by atoms with Crippen molar-refractivity contribution in [3.8, 4) is 0 Å². The van der Waals surface area contributed by atoms with Crippen molar-refractivity contribution < 1.29 is 9.90 Å². The highest BCUT2D eigenvalue weighted by atomic mass is 32.2. The molecule has 1 aromatic heterocycles. The van der Waals surface area contributed by atoms with Crippen molar-refractivity contribution in [3.05, 3.63) is 11.4 Å². The van der Waals surface area contributed by atoms with E-state index >= 15 is 0 Å². The maximum Gasteiger partial charge on any atom is 0.311 e. The number of carboxylic acids is 1. The fourth-order valence-corrected chi connectivity index (χ4v) is 2.58. The van der Waals surface area contributed by atoms with Crippen LogP contribution in [0.5, 0.6) is 0 Å². The van der Waals surface area contributed by atoms with Crippen LogP contribution in [0.2, 0.25) is 0 Å². The lowest BCUT2D eigenvalue weighted by atomic mass is 10.4. The molecule has 0 aliphatic carbocycles. The zero-order chi connectivity index (χ0) is 9.26. The highest BCUT2D eigenvalue weighted by molar-refractivity contribution is 7.98. The van der Waals surface area contributed by atoms with Crippen molar-refractivity contribution in [2.45, 2.75) is 11.3 Å². The molecule has 2 heterocycles. The van der Waals surface area contributed by atoms with Gasteiger partial charge in [-0.1, -0.05) is 0 Å². The second-order valence-electron chi connectivity index (χ2n) is 2.42. The Hall–Kier alpha value is -1.01. The Labute approximate surface area is 82.8 Å². The highest BCUT2D eigenvalue weighted by Crippen LogP contribution is 2.36. The largest absolute Gasteiger partial charge is 0.481 e. The van der Waals surface area contributed by atoms with Gasteiger partial charge in [0, 0.05) is 0 Å². The van der Waals surface area contributed by atoms with E-state index in [0.717, 1.165) is 9.90 Å². The van der Waals surface area contributed by atoms with Crippen LogP contribution < -0.4 is 4.72 Å². The molecule has 0 unspecified atom stereocenters. The van der Waals surface area contributed by atoms with E-state index < -0.39 is 5.97 Å². The van der Waals surface area contributed by atoms with E-state index in [4.69, 9.17) is 5.11 Å². The van der Waals surface area contributed by atoms with E-state index in [9.17, 15) is 4.79 Å². The molecule has 0 radical (unpaired) electrons. The Morgan fingerprint density at radius 2 is 2.54 bits per heavy atom. The van der Waals surface area contributed by atoms with Gasteiger partial charge >= 0.3 is 5.97 Å². The van der Waals surface area contributed by atoms with Gasteiger partial charge in [-0.15, -0.1) is 11.3 Å². The first-order valence-electron chi connectivity index (χ1n) is 3.55. The average molecular weight is 214 g/mol. The minimum atomic E-state index is -0.869. The summed E-state index contributed by atoms with van der Waals surface area (Å²) in [5.41, 5.74) is 0. The number of rotatable bonds is 2. The summed E-state index contributed by atoms with van der Waals surface area (Å²) in [7, 11) is 0. The van der Waals surface area contributed by atoms with E-state index in [1.165, 1.54) is 23.3 Å². The van der Waals surface area contributed by atoms with Gasteiger partial charge in [0.25, 0.3) is 0 Å². The number of fused-ring (bicyclic) bond motifs is 1. The lowest BCUT2D eigenvalue weighted by molar-refractivity contribution is -0.135. The molecular formula is C7H6N2O2S2. The van der Waals surface area contributed by atoms with Crippen molar-refractivity contribution >= 4 is 40.1 Å². The molecule has 1 aromatic rings. The zero-order valence-electron chi connectivity index (χ0n) is 6.48. The van der Waals surface area contributed by atoms with Crippen LogP contribution in [-0.4, -0.2) is 16.9 Å². The summed E-state index contributed by atoms with van der Waals surface area (Å²) in [5, 5.41) is 11.4. The molecule has 0 spiro atoms. The number of nitrogens with one attached hydrogen (secondary N) is 1. The number of aliphatic imine (C=N–C) groups is 1. The molecule has 1 aliphatic rings. The first kappa shape index (κ1) is 8.58. The van der Waals surface area contributed by atoms with Crippen molar-refractivity contribution in [2.24, 2.45) is 4.99 Å². The molecule has 0 amide bonds. The van der Waals surface area contributed by atoms with Crippen LogP contribution in [0.3, 0.4) is 0 Å². The van der Waals surface area contributed by atoms with Gasteiger partial charge in [0.15, 0.2) is 0 Å². The monoisotopic (exact) mass is 214 g/mol. The summed E-state index contributed by atoms with van der Waals surface area (Å²) in [4.78, 5) is 15.6. The number of carbonyl (C=O) groups is 1. The number of nitrogens with zero attached hydrogens (tertiary/aromatic N) is 1. The van der Waals surface area contributed by atoms with Crippen LogP contribution >= 0.6 is 23.3 Å². The quantitative estimate of drug-likeness (QED) is 0.738. The van der Waals surface area contributed by atoms with Gasteiger partial charge in [-0.3, -0.25) is 4.79 Å². The maximum atomic E-state index is 10.4. The Kier molecular flexibility index (Phi) is 2.24. The minimum absolute atomic E-state index is 0.0513. The second-order valence-corrected chi connectivity index (χ2v) is 4.17. The lowest BCUT2D eigenvalue weighted by Gasteiger charge is -2.11. The summed E-state index contributed by atoms with van der Waals surface area (Å²) in [6, 6.07) is 1.96. The lowest BCUT2D eigenvalue weighted by Crippen LogP contribution is -2.21. The topological polar surface area (TPSA) is 61.7 Å². The fourth-order valence-electron chi connectivity index (χ4n) is 0.927. The van der Waals surface area contributed by atoms with Gasteiger partial charge < -0.3 is 9.83 Å². The molecule has 2 N–H and O–H groups in total. The van der Waals surface area contributed by atoms with Gasteiger partial charge in [0.05, 0.1) is 4.90 Å². The van der Waals surface area contributed by atoms with Crippen LogP contribution in [0.1, 0.15) is 6.42 Å². The fraction of sp³-hybridized carbons (Fsp3) is 0.143. The number of thiophene rings is 1. The third-order valence-corrected chi connectivity index (χ3v) is 3.27. The standard InChI is InChI=1S/C7H6N2O2S2/c10-6(11)3-5-8-7-4(13-9-5)1-2-12-7/h1-2H,3H2,(H,8,9)(H,10,11). The van der Waals surface area contributed by atoms with Crippen molar-refractivity contribution in [1.82, 2.24) is 4.72 Å². The Morgan fingerprint density at radius 1 is 1.69 bits per heavy atom. The number of hydrogen-bond donors (Lipinski definition) is 2. The molecule has 0 fully saturated rings. The molecule has 6 heteroatoms. The van der Waals surface area contributed by atoms with Crippen LogP contribution in [0.4, 0.5) is 5.00 Å². The maximum absolute atomic E-state index is 10.4. The summed E-state index contributed by atoms with van der Waals surface area (Å²) in [6.45, 7) is 0. The molecule has 0 bridgehead atoms. The number of aliphatic carboxylic acids is 1. The first-order valence-corrected chi connectivity index (χ1v) is 5.25. The molecular weight excluding hydrogens is 208 g/mol. The number of carboxylic acid groups (broad SMARTS) is 1. The van der Waals surface area contributed by atoms with Crippen LogP contribution in [0.25, 0.3) is 0 Å².